The van der Waals surface area contributed by atoms with Crippen molar-refractivity contribution in [1.29, 1.82) is 0 Å². The maximum Gasteiger partial charge on any atom is 0.0551 e. The summed E-state index contributed by atoms with van der Waals surface area (Å²) in [5.74, 6) is 0. The number of hydrogen-bond acceptors (Lipinski definition) is 1. The summed E-state index contributed by atoms with van der Waals surface area (Å²) in [5, 5.41) is 4.20. The molecule has 0 spiro atoms. The zero-order valence-corrected chi connectivity index (χ0v) is 12.5. The van der Waals surface area contributed by atoms with Gasteiger partial charge in [0.25, 0.3) is 0 Å². The van der Waals surface area contributed by atoms with Gasteiger partial charge in [0.1, 0.15) is 0 Å². The molecule has 0 saturated carbocycles. The Morgan fingerprint density at radius 1 is 1.31 bits per heavy atom. The maximum atomic E-state index is 6.02. The Hall–Kier alpha value is -0.0500. The summed E-state index contributed by atoms with van der Waals surface area (Å²) in [4.78, 5) is 0. The Labute approximate surface area is 112 Å². The van der Waals surface area contributed by atoms with Crippen molar-refractivity contribution in [3.63, 3.8) is 0 Å². The van der Waals surface area contributed by atoms with Crippen LogP contribution >= 0.6 is 27.5 Å². The molecule has 0 aliphatic carbocycles. The van der Waals surface area contributed by atoms with Gasteiger partial charge in [0.2, 0.25) is 0 Å². The first-order valence-corrected chi connectivity index (χ1v) is 6.70. The molecule has 0 saturated heterocycles. The van der Waals surface area contributed by atoms with E-state index in [1.165, 1.54) is 12.0 Å². The lowest BCUT2D eigenvalue weighted by atomic mass is 9.92. The van der Waals surface area contributed by atoms with Crippen molar-refractivity contribution in [3.8, 4) is 0 Å². The van der Waals surface area contributed by atoms with Crippen molar-refractivity contribution in [2.45, 2.75) is 33.7 Å². The average Bonchev–Trinajstić information content (AvgIpc) is 2.17. The highest BCUT2D eigenvalue weighted by Gasteiger charge is 2.08. The minimum Gasteiger partial charge on any atom is -0.313 e. The monoisotopic (exact) mass is 303 g/mol. The molecule has 1 N–H and O–H groups in total. The minimum atomic E-state index is 0.393. The van der Waals surface area contributed by atoms with Crippen LogP contribution in [0, 0.1) is 5.41 Å². The normalized spacial score (nSPS) is 11.8. The minimum absolute atomic E-state index is 0.393. The molecular weight excluding hydrogens is 286 g/mol. The van der Waals surface area contributed by atoms with E-state index in [-0.39, 0.29) is 0 Å². The lowest BCUT2D eigenvalue weighted by molar-refractivity contribution is 0.366. The molecule has 0 heterocycles. The van der Waals surface area contributed by atoms with Crippen molar-refractivity contribution in [3.05, 3.63) is 33.3 Å². The van der Waals surface area contributed by atoms with Crippen molar-refractivity contribution in [2.75, 3.05) is 6.54 Å². The van der Waals surface area contributed by atoms with Crippen LogP contribution < -0.4 is 5.32 Å². The van der Waals surface area contributed by atoms with Gasteiger partial charge in [0, 0.05) is 11.0 Å². The first-order valence-electron chi connectivity index (χ1n) is 5.53. The van der Waals surface area contributed by atoms with Gasteiger partial charge in [-0.25, -0.2) is 0 Å². The van der Waals surface area contributed by atoms with Crippen LogP contribution in [0.15, 0.2) is 22.7 Å². The Bertz CT molecular complexity index is 344. The van der Waals surface area contributed by atoms with E-state index in [1.807, 2.05) is 12.1 Å². The van der Waals surface area contributed by atoms with Gasteiger partial charge in [-0.3, -0.25) is 0 Å². The summed E-state index contributed by atoms with van der Waals surface area (Å²) in [5.41, 5.74) is 1.62. The molecule has 1 nitrogen and oxygen atoms in total. The molecule has 0 amide bonds. The molecule has 90 valence electrons. The molecule has 0 radical (unpaired) electrons. The fraction of sp³-hybridized carbons (Fsp3) is 0.538. The number of rotatable bonds is 4. The van der Waals surface area contributed by atoms with Crippen molar-refractivity contribution < 1.29 is 0 Å². The predicted octanol–water partition coefficient (Wildman–Crippen LogP) is 4.63. The van der Waals surface area contributed by atoms with Crippen LogP contribution in [0.3, 0.4) is 0 Å². The van der Waals surface area contributed by atoms with Gasteiger partial charge in [-0.15, -0.1) is 0 Å². The predicted molar refractivity (Wildman–Crippen MR) is 74.9 cm³/mol. The lowest BCUT2D eigenvalue weighted by Gasteiger charge is -2.18. The van der Waals surface area contributed by atoms with E-state index in [1.54, 1.807) is 0 Å². The van der Waals surface area contributed by atoms with Gasteiger partial charge in [0.15, 0.2) is 0 Å². The quantitative estimate of drug-likeness (QED) is 0.800. The molecule has 1 aromatic carbocycles. The third-order valence-corrected chi connectivity index (χ3v) is 3.60. The summed E-state index contributed by atoms with van der Waals surface area (Å²) in [6, 6.07) is 6.07. The molecule has 0 atom stereocenters. The maximum absolute atomic E-state index is 6.02. The molecule has 0 aliphatic rings. The zero-order valence-electron chi connectivity index (χ0n) is 10.1. The third kappa shape index (κ3) is 5.33. The second kappa shape index (κ2) is 6.04. The smallest absolute Gasteiger partial charge is 0.0551 e. The van der Waals surface area contributed by atoms with Crippen LogP contribution in [-0.2, 0) is 6.54 Å². The van der Waals surface area contributed by atoms with Crippen LogP contribution in [0.1, 0.15) is 32.8 Å². The number of halogens is 2. The van der Waals surface area contributed by atoms with Crippen LogP contribution in [0.2, 0.25) is 5.02 Å². The van der Waals surface area contributed by atoms with Gasteiger partial charge < -0.3 is 5.32 Å². The fourth-order valence-corrected chi connectivity index (χ4v) is 1.80. The van der Waals surface area contributed by atoms with Gasteiger partial charge >= 0.3 is 0 Å². The molecule has 0 fully saturated rings. The van der Waals surface area contributed by atoms with Crippen LogP contribution in [0.25, 0.3) is 0 Å². The molecule has 3 heteroatoms. The summed E-state index contributed by atoms with van der Waals surface area (Å²) >= 11 is 9.41. The highest BCUT2D eigenvalue weighted by Crippen LogP contribution is 2.23. The Balaban J connectivity index is 2.35. The molecular formula is C13H19BrClN. The highest BCUT2D eigenvalue weighted by molar-refractivity contribution is 9.10. The second-order valence-corrected chi connectivity index (χ2v) is 6.50. The van der Waals surface area contributed by atoms with Crippen LogP contribution in [0.5, 0.6) is 0 Å². The Morgan fingerprint density at radius 3 is 2.56 bits per heavy atom. The third-order valence-electron chi connectivity index (χ3n) is 2.36. The summed E-state index contributed by atoms with van der Waals surface area (Å²) < 4.78 is 0.951. The van der Waals surface area contributed by atoms with E-state index >= 15 is 0 Å². The number of hydrogen-bond donors (Lipinski definition) is 1. The standard InChI is InChI=1S/C13H19BrClN/c1-13(2,3)6-7-16-9-10-4-5-11(14)12(15)8-10/h4-5,8,16H,6-7,9H2,1-3H3. The highest BCUT2D eigenvalue weighted by atomic mass is 79.9. The zero-order chi connectivity index (χ0) is 12.2. The molecule has 1 aromatic rings. The Morgan fingerprint density at radius 2 is 2.00 bits per heavy atom. The van der Waals surface area contributed by atoms with E-state index in [9.17, 15) is 0 Å². The molecule has 0 aromatic heterocycles. The molecule has 0 unspecified atom stereocenters. The first kappa shape index (κ1) is 14.0. The van der Waals surface area contributed by atoms with Gasteiger partial charge in [-0.1, -0.05) is 38.4 Å². The summed E-state index contributed by atoms with van der Waals surface area (Å²) in [7, 11) is 0. The van der Waals surface area contributed by atoms with Crippen molar-refractivity contribution in [1.82, 2.24) is 5.32 Å². The molecule has 0 aliphatic heterocycles. The number of benzene rings is 1. The summed E-state index contributed by atoms with van der Waals surface area (Å²) in [6.45, 7) is 8.68. The average molecular weight is 305 g/mol. The van der Waals surface area contributed by atoms with E-state index in [2.05, 4.69) is 48.1 Å². The summed E-state index contributed by atoms with van der Waals surface area (Å²) in [6.07, 6.45) is 1.18. The van der Waals surface area contributed by atoms with Crippen molar-refractivity contribution in [2.24, 2.45) is 5.41 Å². The van der Waals surface area contributed by atoms with E-state index in [0.717, 1.165) is 22.6 Å². The second-order valence-electron chi connectivity index (χ2n) is 5.24. The van der Waals surface area contributed by atoms with Gasteiger partial charge in [-0.2, -0.15) is 0 Å². The van der Waals surface area contributed by atoms with Crippen molar-refractivity contribution >= 4 is 27.5 Å². The topological polar surface area (TPSA) is 12.0 Å². The van der Waals surface area contributed by atoms with E-state index in [4.69, 9.17) is 11.6 Å². The Kier molecular flexibility index (Phi) is 5.29. The van der Waals surface area contributed by atoms with E-state index < -0.39 is 0 Å². The van der Waals surface area contributed by atoms with E-state index in [0.29, 0.717) is 5.41 Å². The SMILES string of the molecule is CC(C)(C)CCNCc1ccc(Br)c(Cl)c1. The lowest BCUT2D eigenvalue weighted by Crippen LogP contribution is -2.20. The first-order chi connectivity index (χ1) is 7.38. The number of nitrogens with one attached hydrogen (secondary N) is 1. The van der Waals surface area contributed by atoms with Gasteiger partial charge in [-0.05, 0) is 52.0 Å². The van der Waals surface area contributed by atoms with Crippen LogP contribution in [-0.4, -0.2) is 6.54 Å². The van der Waals surface area contributed by atoms with Gasteiger partial charge in [0.05, 0.1) is 5.02 Å². The van der Waals surface area contributed by atoms with Crippen LogP contribution in [0.4, 0.5) is 0 Å². The molecule has 1 rings (SSSR count). The molecule has 0 bridgehead atoms. The molecule has 16 heavy (non-hydrogen) atoms. The largest absolute Gasteiger partial charge is 0.313 e. The fourth-order valence-electron chi connectivity index (χ4n) is 1.35.